The van der Waals surface area contributed by atoms with Crippen molar-refractivity contribution in [1.82, 2.24) is 0 Å². The highest BCUT2D eigenvalue weighted by molar-refractivity contribution is 5.56. The highest BCUT2D eigenvalue weighted by atomic mass is 16.4. The third-order valence-corrected chi connectivity index (χ3v) is 1.42. The number of rotatable bonds is 5. The fourth-order valence-corrected chi connectivity index (χ4v) is 0.618. The molecule has 0 aromatic heterocycles. The molecule has 0 spiro atoms. The fourth-order valence-electron chi connectivity index (χ4n) is 0.618. The summed E-state index contributed by atoms with van der Waals surface area (Å²) >= 11 is 0. The van der Waals surface area contributed by atoms with Crippen LogP contribution in [0.3, 0.4) is 0 Å². The molecule has 0 aliphatic heterocycles. The summed E-state index contributed by atoms with van der Waals surface area (Å²) in [6.45, 7) is -1.01. The Morgan fingerprint density at radius 3 is 1.67 bits per heavy atom. The van der Waals surface area contributed by atoms with E-state index >= 15 is 0 Å². The van der Waals surface area contributed by atoms with E-state index in [1.807, 2.05) is 0 Å². The Kier molecular flexibility index (Phi) is 10.4. The van der Waals surface area contributed by atoms with Crippen LogP contribution in [0.4, 0.5) is 0 Å². The average molecular weight is 226 g/mol. The number of carboxylic acid groups (broad SMARTS) is 1. The number of hydrogen-bond acceptors (Lipinski definition) is 7. The van der Waals surface area contributed by atoms with E-state index in [1.165, 1.54) is 0 Å². The molecule has 90 valence electrons. The number of carbonyl (C=O) groups is 2. The van der Waals surface area contributed by atoms with Crippen LogP contribution in [0.25, 0.3) is 0 Å². The Morgan fingerprint density at radius 1 is 1.00 bits per heavy atom. The van der Waals surface area contributed by atoms with Gasteiger partial charge in [0.15, 0.2) is 6.29 Å². The third-order valence-electron chi connectivity index (χ3n) is 1.42. The summed E-state index contributed by atoms with van der Waals surface area (Å²) in [5.41, 5.74) is 0. The van der Waals surface area contributed by atoms with Crippen LogP contribution in [-0.2, 0) is 9.59 Å². The van der Waals surface area contributed by atoms with Gasteiger partial charge in [-0.15, -0.1) is 0 Å². The molecule has 8 nitrogen and oxygen atoms in total. The fraction of sp³-hybridized carbons (Fsp3) is 0.714. The van der Waals surface area contributed by atoms with Crippen molar-refractivity contribution >= 4 is 12.8 Å². The van der Waals surface area contributed by atoms with Crippen LogP contribution >= 0.6 is 0 Å². The van der Waals surface area contributed by atoms with Crippen molar-refractivity contribution in [1.29, 1.82) is 0 Å². The standard InChI is InChI=1S/C6H12O6.CH2O2/c7-1-3(9)5(11)6(12)4(10)2-8;2-1-3/h1,3-6,8-12H,2H2;1H,(H,2,3). The van der Waals surface area contributed by atoms with Crippen LogP contribution in [0.1, 0.15) is 0 Å². The Hall–Kier alpha value is -1.06. The third kappa shape index (κ3) is 6.94. The van der Waals surface area contributed by atoms with Crippen molar-refractivity contribution in [3.05, 3.63) is 0 Å². The minimum atomic E-state index is -1.79. The van der Waals surface area contributed by atoms with Crippen molar-refractivity contribution in [2.24, 2.45) is 0 Å². The highest BCUT2D eigenvalue weighted by Gasteiger charge is 2.29. The van der Waals surface area contributed by atoms with Gasteiger partial charge in [0, 0.05) is 0 Å². The monoisotopic (exact) mass is 226 g/mol. The first-order chi connectivity index (χ1) is 6.95. The van der Waals surface area contributed by atoms with Gasteiger partial charge in [-0.05, 0) is 0 Å². The lowest BCUT2D eigenvalue weighted by molar-refractivity contribution is -0.136. The number of hydrogen-bond donors (Lipinski definition) is 6. The van der Waals surface area contributed by atoms with E-state index in [0.29, 0.717) is 0 Å². The molecule has 8 heteroatoms. The van der Waals surface area contributed by atoms with Gasteiger partial charge in [-0.25, -0.2) is 0 Å². The first-order valence-corrected chi connectivity index (χ1v) is 3.82. The van der Waals surface area contributed by atoms with Gasteiger partial charge in [0.25, 0.3) is 6.47 Å². The molecular formula is C7H14O8. The van der Waals surface area contributed by atoms with E-state index in [0.717, 1.165) is 0 Å². The Labute approximate surface area is 85.0 Å². The molecule has 0 aliphatic rings. The second kappa shape index (κ2) is 9.49. The summed E-state index contributed by atoms with van der Waals surface area (Å²) in [5, 5.41) is 50.4. The molecule has 0 aromatic rings. The first kappa shape index (κ1) is 16.4. The number of aliphatic hydroxyl groups excluding tert-OH is 5. The molecule has 0 heterocycles. The van der Waals surface area contributed by atoms with E-state index in [4.69, 9.17) is 35.4 Å². The molecule has 0 aromatic carbocycles. The quantitative estimate of drug-likeness (QED) is 0.262. The normalized spacial score (nSPS) is 17.7. The predicted molar refractivity (Wildman–Crippen MR) is 45.9 cm³/mol. The Balaban J connectivity index is 0. The zero-order valence-electron chi connectivity index (χ0n) is 7.67. The summed E-state index contributed by atoms with van der Waals surface area (Å²) < 4.78 is 0. The van der Waals surface area contributed by atoms with Gasteiger partial charge in [-0.3, -0.25) is 4.79 Å². The summed E-state index contributed by atoms with van der Waals surface area (Å²) in [7, 11) is 0. The minimum Gasteiger partial charge on any atom is -0.483 e. The maximum absolute atomic E-state index is 9.90. The predicted octanol–water partition coefficient (Wildman–Crippen LogP) is -3.68. The van der Waals surface area contributed by atoms with Crippen molar-refractivity contribution in [2.45, 2.75) is 24.4 Å². The highest BCUT2D eigenvalue weighted by Crippen LogP contribution is 2.02. The van der Waals surface area contributed by atoms with Gasteiger partial charge in [-0.2, -0.15) is 0 Å². The molecule has 0 saturated heterocycles. The molecule has 0 rings (SSSR count). The SMILES string of the molecule is O=CC(O)C(O)C(O)C(O)CO.O=CO. The molecule has 0 amide bonds. The van der Waals surface area contributed by atoms with Gasteiger partial charge in [0.1, 0.15) is 24.4 Å². The molecule has 0 fully saturated rings. The molecule has 0 saturated carbocycles. The van der Waals surface area contributed by atoms with E-state index in [2.05, 4.69) is 0 Å². The van der Waals surface area contributed by atoms with Crippen LogP contribution in [0, 0.1) is 0 Å². The summed E-state index contributed by atoms with van der Waals surface area (Å²) in [6.07, 6.45) is -6.84. The van der Waals surface area contributed by atoms with Gasteiger partial charge < -0.3 is 35.4 Å². The van der Waals surface area contributed by atoms with E-state index < -0.39 is 31.0 Å². The van der Waals surface area contributed by atoms with Crippen LogP contribution in [0.2, 0.25) is 0 Å². The molecule has 0 radical (unpaired) electrons. The lowest BCUT2D eigenvalue weighted by Gasteiger charge is -2.22. The smallest absolute Gasteiger partial charge is 0.290 e. The molecule has 6 N–H and O–H groups in total. The lowest BCUT2D eigenvalue weighted by Crippen LogP contribution is -2.46. The van der Waals surface area contributed by atoms with E-state index in [-0.39, 0.29) is 12.8 Å². The van der Waals surface area contributed by atoms with Crippen molar-refractivity contribution in [3.8, 4) is 0 Å². The summed E-state index contributed by atoms with van der Waals surface area (Å²) in [5.74, 6) is 0. The molecular weight excluding hydrogens is 212 g/mol. The minimum absolute atomic E-state index is 0.0258. The van der Waals surface area contributed by atoms with Crippen molar-refractivity contribution in [3.63, 3.8) is 0 Å². The lowest BCUT2D eigenvalue weighted by atomic mass is 10.0. The molecule has 4 atom stereocenters. The van der Waals surface area contributed by atoms with Crippen LogP contribution < -0.4 is 0 Å². The number of aliphatic hydroxyl groups is 5. The van der Waals surface area contributed by atoms with Crippen LogP contribution in [-0.4, -0.2) is 74.4 Å². The number of carbonyl (C=O) groups excluding carboxylic acids is 1. The van der Waals surface area contributed by atoms with Crippen LogP contribution in [0.15, 0.2) is 0 Å². The summed E-state index contributed by atoms with van der Waals surface area (Å²) in [6, 6.07) is 0. The van der Waals surface area contributed by atoms with E-state index in [1.54, 1.807) is 0 Å². The number of aldehydes is 1. The zero-order chi connectivity index (χ0) is 12.4. The van der Waals surface area contributed by atoms with Gasteiger partial charge >= 0.3 is 0 Å². The largest absolute Gasteiger partial charge is 0.483 e. The Bertz CT molecular complexity index is 172. The topological polar surface area (TPSA) is 156 Å². The first-order valence-electron chi connectivity index (χ1n) is 3.82. The van der Waals surface area contributed by atoms with E-state index in [9.17, 15) is 4.79 Å². The average Bonchev–Trinajstić information content (AvgIpc) is 2.25. The maximum atomic E-state index is 9.90. The zero-order valence-corrected chi connectivity index (χ0v) is 7.67. The molecule has 0 aliphatic carbocycles. The van der Waals surface area contributed by atoms with Crippen LogP contribution in [0.5, 0.6) is 0 Å². The maximum Gasteiger partial charge on any atom is 0.290 e. The Morgan fingerprint density at radius 2 is 1.40 bits per heavy atom. The van der Waals surface area contributed by atoms with Gasteiger partial charge in [0.05, 0.1) is 6.61 Å². The summed E-state index contributed by atoms with van der Waals surface area (Å²) in [4.78, 5) is 18.3. The molecule has 15 heavy (non-hydrogen) atoms. The van der Waals surface area contributed by atoms with Crippen molar-refractivity contribution < 1.29 is 40.2 Å². The molecule has 4 unspecified atom stereocenters. The van der Waals surface area contributed by atoms with Gasteiger partial charge in [-0.1, -0.05) is 0 Å². The van der Waals surface area contributed by atoms with Gasteiger partial charge in [0.2, 0.25) is 0 Å². The second-order valence-corrected chi connectivity index (χ2v) is 2.46. The molecule has 0 bridgehead atoms. The van der Waals surface area contributed by atoms with Crippen molar-refractivity contribution in [2.75, 3.05) is 6.61 Å². The second-order valence-electron chi connectivity index (χ2n) is 2.46.